The van der Waals surface area contributed by atoms with E-state index in [1.807, 2.05) is 24.3 Å². The van der Waals surface area contributed by atoms with E-state index in [0.717, 1.165) is 43.9 Å². The molecule has 2 aromatic carbocycles. The summed E-state index contributed by atoms with van der Waals surface area (Å²) in [6, 6.07) is 13.0. The fourth-order valence-electron chi connectivity index (χ4n) is 3.59. The van der Waals surface area contributed by atoms with Crippen LogP contribution in [0.15, 0.2) is 42.5 Å². The highest BCUT2D eigenvalue weighted by Crippen LogP contribution is 2.29. The maximum absolute atomic E-state index is 12.4. The first-order chi connectivity index (χ1) is 15.0. The number of carbonyl (C=O) groups excluding carboxylic acids is 2. The average molecular weight is 463 g/mol. The summed E-state index contributed by atoms with van der Waals surface area (Å²) in [6.45, 7) is 6.32. The van der Waals surface area contributed by atoms with Crippen LogP contribution in [0.2, 0.25) is 10.0 Å². The van der Waals surface area contributed by atoms with Crippen LogP contribution in [0.1, 0.15) is 18.9 Å². The monoisotopic (exact) mass is 462 g/mol. The van der Waals surface area contributed by atoms with Gasteiger partial charge in [-0.15, -0.1) is 0 Å². The maximum Gasteiger partial charge on any atom is 0.238 e. The molecule has 0 atom stereocenters. The molecule has 0 unspecified atom stereocenters. The van der Waals surface area contributed by atoms with Gasteiger partial charge in [-0.25, -0.2) is 0 Å². The molecule has 166 valence electrons. The van der Waals surface area contributed by atoms with Crippen LogP contribution >= 0.6 is 23.2 Å². The van der Waals surface area contributed by atoms with Crippen LogP contribution in [0.3, 0.4) is 0 Å². The molecule has 31 heavy (non-hydrogen) atoms. The molecule has 0 bridgehead atoms. The third kappa shape index (κ3) is 6.94. The number of anilines is 2. The molecule has 3 rings (SSSR count). The van der Waals surface area contributed by atoms with Crippen molar-refractivity contribution in [2.24, 2.45) is 0 Å². The molecular weight excluding hydrogens is 435 g/mol. The number of carbonyl (C=O) groups is 2. The molecule has 0 radical (unpaired) electrons. The molecule has 1 aliphatic heterocycles. The number of benzene rings is 2. The molecule has 6 nitrogen and oxygen atoms in total. The quantitative estimate of drug-likeness (QED) is 0.618. The standard InChI is InChI=1S/C23H28Cl2N4O2/c1-2-17-6-3-4-9-20(17)26-22(31)16-29-14-12-28(13-15-29)11-10-21(30)27-23-18(24)7-5-8-19(23)25/h3-9H,2,10-16H2,1H3,(H,26,31)(H,27,30). The van der Waals surface area contributed by atoms with Crippen molar-refractivity contribution < 1.29 is 9.59 Å². The van der Waals surface area contributed by atoms with E-state index >= 15 is 0 Å². The smallest absolute Gasteiger partial charge is 0.238 e. The Morgan fingerprint density at radius 1 is 0.871 bits per heavy atom. The van der Waals surface area contributed by atoms with Gasteiger partial charge in [0.25, 0.3) is 0 Å². The first kappa shape index (κ1) is 23.5. The van der Waals surface area contributed by atoms with E-state index in [0.29, 0.717) is 35.2 Å². The lowest BCUT2D eigenvalue weighted by Gasteiger charge is -2.34. The van der Waals surface area contributed by atoms with Gasteiger partial charge in [-0.2, -0.15) is 0 Å². The number of halogens is 2. The van der Waals surface area contributed by atoms with Gasteiger partial charge in [-0.05, 0) is 30.2 Å². The molecule has 1 saturated heterocycles. The third-order valence-electron chi connectivity index (χ3n) is 5.39. The van der Waals surface area contributed by atoms with E-state index in [2.05, 4.69) is 27.4 Å². The lowest BCUT2D eigenvalue weighted by Crippen LogP contribution is -2.49. The molecule has 0 spiro atoms. The van der Waals surface area contributed by atoms with Crippen molar-refractivity contribution in [3.05, 3.63) is 58.1 Å². The minimum Gasteiger partial charge on any atom is -0.325 e. The highest BCUT2D eigenvalue weighted by molar-refractivity contribution is 6.39. The highest BCUT2D eigenvalue weighted by atomic mass is 35.5. The van der Waals surface area contributed by atoms with E-state index in [-0.39, 0.29) is 11.8 Å². The molecule has 0 saturated carbocycles. The van der Waals surface area contributed by atoms with Gasteiger partial charge in [0, 0.05) is 44.8 Å². The average Bonchev–Trinajstić information content (AvgIpc) is 2.76. The second kappa shape index (κ2) is 11.5. The number of aryl methyl sites for hydroxylation is 1. The van der Waals surface area contributed by atoms with Crippen molar-refractivity contribution in [2.75, 3.05) is 49.9 Å². The topological polar surface area (TPSA) is 64.7 Å². The van der Waals surface area contributed by atoms with Gasteiger partial charge < -0.3 is 15.5 Å². The van der Waals surface area contributed by atoms with Crippen molar-refractivity contribution in [3.63, 3.8) is 0 Å². The van der Waals surface area contributed by atoms with Crippen LogP contribution in [0.25, 0.3) is 0 Å². The van der Waals surface area contributed by atoms with Crippen LogP contribution in [0, 0.1) is 0 Å². The van der Waals surface area contributed by atoms with Crippen molar-refractivity contribution >= 4 is 46.4 Å². The van der Waals surface area contributed by atoms with E-state index in [4.69, 9.17) is 23.2 Å². The zero-order valence-corrected chi connectivity index (χ0v) is 19.2. The van der Waals surface area contributed by atoms with E-state index in [1.165, 1.54) is 0 Å². The number of piperazine rings is 1. The lowest BCUT2D eigenvalue weighted by molar-refractivity contribution is -0.117. The number of rotatable bonds is 8. The van der Waals surface area contributed by atoms with E-state index in [9.17, 15) is 9.59 Å². The molecule has 1 fully saturated rings. The number of hydrogen-bond donors (Lipinski definition) is 2. The second-order valence-corrected chi connectivity index (χ2v) is 8.39. The normalized spacial score (nSPS) is 14.9. The van der Waals surface area contributed by atoms with Crippen LogP contribution in [0.4, 0.5) is 11.4 Å². The molecule has 2 aromatic rings. The maximum atomic E-state index is 12.4. The zero-order valence-electron chi connectivity index (χ0n) is 17.7. The van der Waals surface area contributed by atoms with Gasteiger partial charge in [0.2, 0.25) is 11.8 Å². The summed E-state index contributed by atoms with van der Waals surface area (Å²) in [5.74, 6) is -0.114. The van der Waals surface area contributed by atoms with Gasteiger partial charge >= 0.3 is 0 Å². The van der Waals surface area contributed by atoms with Gasteiger partial charge in [0.05, 0.1) is 22.3 Å². The molecular formula is C23H28Cl2N4O2. The number of amides is 2. The van der Waals surface area contributed by atoms with Crippen molar-refractivity contribution in [3.8, 4) is 0 Å². The Kier molecular flexibility index (Phi) is 8.72. The first-order valence-corrected chi connectivity index (χ1v) is 11.3. The molecule has 1 heterocycles. The Bertz CT molecular complexity index is 894. The summed E-state index contributed by atoms with van der Waals surface area (Å²) in [6.07, 6.45) is 1.24. The van der Waals surface area contributed by atoms with Crippen molar-refractivity contribution in [1.82, 2.24) is 9.80 Å². The fraction of sp³-hybridized carbons (Fsp3) is 0.391. The summed E-state index contributed by atoms with van der Waals surface area (Å²) in [7, 11) is 0. The first-order valence-electron chi connectivity index (χ1n) is 10.5. The van der Waals surface area contributed by atoms with Gasteiger partial charge in [-0.1, -0.05) is 54.4 Å². The predicted octanol–water partition coefficient (Wildman–Crippen LogP) is 4.14. The van der Waals surface area contributed by atoms with E-state index in [1.54, 1.807) is 18.2 Å². The molecule has 0 aromatic heterocycles. The molecule has 2 N–H and O–H groups in total. The largest absolute Gasteiger partial charge is 0.325 e. The summed E-state index contributed by atoms with van der Waals surface area (Å²) >= 11 is 12.2. The Morgan fingerprint density at radius 3 is 2.19 bits per heavy atom. The number of nitrogens with zero attached hydrogens (tertiary/aromatic N) is 2. The minimum atomic E-state index is -0.119. The van der Waals surface area contributed by atoms with Crippen LogP contribution in [0.5, 0.6) is 0 Å². The predicted molar refractivity (Wildman–Crippen MR) is 127 cm³/mol. The van der Waals surface area contributed by atoms with Crippen molar-refractivity contribution in [2.45, 2.75) is 19.8 Å². The summed E-state index contributed by atoms with van der Waals surface area (Å²) < 4.78 is 0. The summed E-state index contributed by atoms with van der Waals surface area (Å²) in [4.78, 5) is 29.1. The molecule has 1 aliphatic rings. The van der Waals surface area contributed by atoms with Crippen LogP contribution < -0.4 is 10.6 Å². The Balaban J connectivity index is 1.38. The van der Waals surface area contributed by atoms with Gasteiger partial charge in [0.15, 0.2) is 0 Å². The lowest BCUT2D eigenvalue weighted by atomic mass is 10.1. The van der Waals surface area contributed by atoms with Crippen LogP contribution in [-0.2, 0) is 16.0 Å². The molecule has 8 heteroatoms. The minimum absolute atomic E-state index is 0.00495. The summed E-state index contributed by atoms with van der Waals surface area (Å²) in [5.41, 5.74) is 2.48. The second-order valence-electron chi connectivity index (χ2n) is 7.57. The van der Waals surface area contributed by atoms with Crippen LogP contribution in [-0.4, -0.2) is 60.9 Å². The zero-order chi connectivity index (χ0) is 22.2. The Labute approximate surface area is 193 Å². The van der Waals surface area contributed by atoms with E-state index < -0.39 is 0 Å². The van der Waals surface area contributed by atoms with Gasteiger partial charge in [-0.3, -0.25) is 14.5 Å². The SMILES string of the molecule is CCc1ccccc1NC(=O)CN1CCN(CCC(=O)Nc2c(Cl)cccc2Cl)CC1. The Hall–Kier alpha value is -2.12. The fourth-order valence-corrected chi connectivity index (χ4v) is 4.09. The van der Waals surface area contributed by atoms with Gasteiger partial charge in [0.1, 0.15) is 0 Å². The number of para-hydroxylation sites is 2. The molecule has 0 aliphatic carbocycles. The number of hydrogen-bond acceptors (Lipinski definition) is 4. The Morgan fingerprint density at radius 2 is 1.52 bits per heavy atom. The van der Waals surface area contributed by atoms with Crippen molar-refractivity contribution in [1.29, 1.82) is 0 Å². The number of nitrogens with one attached hydrogen (secondary N) is 2. The highest BCUT2D eigenvalue weighted by Gasteiger charge is 2.20. The third-order valence-corrected chi connectivity index (χ3v) is 6.02. The molecule has 2 amide bonds. The summed E-state index contributed by atoms with van der Waals surface area (Å²) in [5, 5.41) is 6.67.